The molecular weight excluding hydrogens is 591 g/mol. The number of carbonyl (C=O) groups is 2. The second kappa shape index (κ2) is 25.9. The first-order chi connectivity index (χ1) is 18.0. The fourth-order valence-electron chi connectivity index (χ4n) is 4.26. The number of nitrogens with zero attached hydrogens (tertiary/aromatic N) is 1. The number of alkyl carbamates (subject to hydrolysis) is 1. The van der Waals surface area contributed by atoms with Crippen molar-refractivity contribution in [2.75, 3.05) is 39.9 Å². The van der Waals surface area contributed by atoms with Crippen molar-refractivity contribution in [1.82, 2.24) is 10.2 Å². The number of ether oxygens (including phenoxy) is 2. The molecule has 1 aromatic carbocycles. The maximum atomic E-state index is 11.7. The fourth-order valence-corrected chi connectivity index (χ4v) is 4.26. The normalized spacial score (nSPS) is 10.9. The average molecular weight is 647 g/mol. The summed E-state index contributed by atoms with van der Waals surface area (Å²) in [5, 5.41) is 2.74. The van der Waals surface area contributed by atoms with Gasteiger partial charge in [0.1, 0.15) is 13.2 Å². The Labute approximate surface area is 250 Å². The molecule has 1 amide bonds. The smallest absolute Gasteiger partial charge is 0.407 e. The van der Waals surface area contributed by atoms with Crippen LogP contribution in [-0.4, -0.2) is 56.9 Å². The van der Waals surface area contributed by atoms with Crippen LogP contribution in [-0.2, 0) is 20.7 Å². The second-order valence-corrected chi connectivity index (χ2v) is 10.5. The number of likely N-dealkylation sites (N-methyl/N-ethyl adjacent to an activating group) is 1. The molecule has 0 radical (unpaired) electrons. The Bertz CT molecular complexity index is 688. The Morgan fingerprint density at radius 3 is 1.79 bits per heavy atom. The summed E-state index contributed by atoms with van der Waals surface area (Å²) < 4.78 is 9.98. The highest BCUT2D eigenvalue weighted by atomic mass is 127. The van der Waals surface area contributed by atoms with E-state index < -0.39 is 6.09 Å². The zero-order chi connectivity index (χ0) is 27.0. The van der Waals surface area contributed by atoms with Crippen LogP contribution in [0.15, 0.2) is 30.3 Å². The van der Waals surface area contributed by atoms with E-state index in [4.69, 9.17) is 9.47 Å². The number of hydrogen-bond donors (Lipinski definition) is 1. The maximum absolute atomic E-state index is 11.7. The molecule has 0 aliphatic rings. The minimum absolute atomic E-state index is 0. The third-order valence-corrected chi connectivity index (χ3v) is 6.64. The van der Waals surface area contributed by atoms with E-state index in [1.807, 2.05) is 0 Å². The number of benzene rings is 1. The SMILES string of the molecule is CC(C)C(=O)OCCOC(=O)NCCN(C)CCCCCCCCCCCCCCCc1ccccc1.I. The molecule has 0 saturated carbocycles. The van der Waals surface area contributed by atoms with Crippen molar-refractivity contribution in [2.45, 2.75) is 104 Å². The standard InChI is InChI=1S/C31H54N2O4.HI/c1-28(2)30(34)36-26-27-37-31(35)32-23-25-33(3)24-19-14-12-10-8-6-4-5-7-9-11-13-16-20-29-21-17-15-18-22-29;/h15,17-18,21-22,28H,4-14,16,19-20,23-27H2,1-3H3,(H,32,35);1H. The Balaban J connectivity index is 0.0000137. The Morgan fingerprint density at radius 1 is 0.737 bits per heavy atom. The van der Waals surface area contributed by atoms with Crippen LogP contribution in [0.2, 0.25) is 0 Å². The molecule has 1 N–H and O–H groups in total. The number of unbranched alkanes of at least 4 members (excludes halogenated alkanes) is 12. The Kier molecular flexibility index (Phi) is 25.0. The molecular formula is C31H55IN2O4. The van der Waals surface area contributed by atoms with Crippen LogP contribution in [0.4, 0.5) is 4.79 Å². The van der Waals surface area contributed by atoms with Gasteiger partial charge in [-0.05, 0) is 38.4 Å². The molecule has 6 nitrogen and oxygen atoms in total. The van der Waals surface area contributed by atoms with Crippen LogP contribution in [0.25, 0.3) is 0 Å². The summed E-state index contributed by atoms with van der Waals surface area (Å²) in [7, 11) is 2.08. The number of amides is 1. The van der Waals surface area contributed by atoms with E-state index in [-0.39, 0.29) is 49.1 Å². The predicted octanol–water partition coefficient (Wildman–Crippen LogP) is 7.78. The lowest BCUT2D eigenvalue weighted by molar-refractivity contribution is -0.148. The van der Waals surface area contributed by atoms with Gasteiger partial charge in [-0.15, -0.1) is 24.0 Å². The summed E-state index contributed by atoms with van der Waals surface area (Å²) in [6.45, 7) is 6.11. The molecule has 0 saturated heterocycles. The average Bonchev–Trinajstić information content (AvgIpc) is 2.89. The molecule has 0 aromatic heterocycles. The molecule has 0 heterocycles. The predicted molar refractivity (Wildman–Crippen MR) is 168 cm³/mol. The Morgan fingerprint density at radius 2 is 1.24 bits per heavy atom. The van der Waals surface area contributed by atoms with Gasteiger partial charge in [-0.2, -0.15) is 0 Å². The summed E-state index contributed by atoms with van der Waals surface area (Å²) in [5.41, 5.74) is 1.47. The molecule has 1 aromatic rings. The number of rotatable bonds is 23. The van der Waals surface area contributed by atoms with Crippen LogP contribution in [0.3, 0.4) is 0 Å². The molecule has 0 bridgehead atoms. The van der Waals surface area contributed by atoms with Crippen molar-refractivity contribution in [3.8, 4) is 0 Å². The number of aryl methyl sites for hydroxylation is 1. The number of hydrogen-bond acceptors (Lipinski definition) is 5. The van der Waals surface area contributed by atoms with Crippen molar-refractivity contribution in [3.05, 3.63) is 35.9 Å². The first kappa shape index (κ1) is 36.6. The maximum Gasteiger partial charge on any atom is 0.407 e. The second-order valence-electron chi connectivity index (χ2n) is 10.5. The number of nitrogens with one attached hydrogen (secondary N) is 1. The van der Waals surface area contributed by atoms with Crippen LogP contribution >= 0.6 is 24.0 Å². The first-order valence-electron chi connectivity index (χ1n) is 14.8. The van der Waals surface area contributed by atoms with E-state index in [9.17, 15) is 9.59 Å². The van der Waals surface area contributed by atoms with Gasteiger partial charge in [0.2, 0.25) is 0 Å². The number of esters is 1. The van der Waals surface area contributed by atoms with E-state index in [0.717, 1.165) is 13.1 Å². The van der Waals surface area contributed by atoms with Crippen molar-refractivity contribution in [2.24, 2.45) is 5.92 Å². The molecule has 0 aliphatic carbocycles. The first-order valence-corrected chi connectivity index (χ1v) is 14.8. The number of carbonyl (C=O) groups excluding carboxylic acids is 2. The summed E-state index contributed by atoms with van der Waals surface area (Å²) in [6, 6.07) is 10.8. The summed E-state index contributed by atoms with van der Waals surface area (Å²) in [4.78, 5) is 25.2. The van der Waals surface area contributed by atoms with Crippen molar-refractivity contribution in [1.29, 1.82) is 0 Å². The van der Waals surface area contributed by atoms with Gasteiger partial charge in [-0.1, -0.05) is 115 Å². The zero-order valence-electron chi connectivity index (χ0n) is 24.4. The number of halogens is 1. The lowest BCUT2D eigenvalue weighted by Crippen LogP contribution is -2.34. The van der Waals surface area contributed by atoms with Gasteiger partial charge in [-0.25, -0.2) is 4.79 Å². The van der Waals surface area contributed by atoms with Crippen LogP contribution in [0.1, 0.15) is 103 Å². The molecule has 38 heavy (non-hydrogen) atoms. The van der Waals surface area contributed by atoms with E-state index >= 15 is 0 Å². The zero-order valence-corrected chi connectivity index (χ0v) is 26.7. The van der Waals surface area contributed by atoms with E-state index in [2.05, 4.69) is 47.6 Å². The van der Waals surface area contributed by atoms with E-state index in [1.54, 1.807) is 13.8 Å². The highest BCUT2D eigenvalue weighted by molar-refractivity contribution is 14.0. The van der Waals surface area contributed by atoms with Crippen molar-refractivity contribution >= 4 is 36.0 Å². The van der Waals surface area contributed by atoms with Gasteiger partial charge in [0, 0.05) is 13.1 Å². The molecule has 0 spiro atoms. The minimum atomic E-state index is -0.465. The molecule has 0 aliphatic heterocycles. The van der Waals surface area contributed by atoms with E-state index in [0.29, 0.717) is 6.54 Å². The van der Waals surface area contributed by atoms with Gasteiger partial charge in [0.05, 0.1) is 5.92 Å². The lowest BCUT2D eigenvalue weighted by Gasteiger charge is -2.16. The lowest BCUT2D eigenvalue weighted by atomic mass is 10.0. The fraction of sp³-hybridized carbons (Fsp3) is 0.742. The van der Waals surface area contributed by atoms with Gasteiger partial charge in [0.25, 0.3) is 0 Å². The summed E-state index contributed by atoms with van der Waals surface area (Å²) in [5.74, 6) is -0.451. The van der Waals surface area contributed by atoms with Gasteiger partial charge in [0.15, 0.2) is 0 Å². The molecule has 0 unspecified atom stereocenters. The molecule has 1 rings (SSSR count). The third kappa shape index (κ3) is 22.6. The topological polar surface area (TPSA) is 67.9 Å². The highest BCUT2D eigenvalue weighted by Crippen LogP contribution is 2.13. The van der Waals surface area contributed by atoms with Crippen LogP contribution < -0.4 is 5.32 Å². The van der Waals surface area contributed by atoms with Gasteiger partial charge in [-0.3, -0.25) is 4.79 Å². The monoisotopic (exact) mass is 646 g/mol. The highest BCUT2D eigenvalue weighted by Gasteiger charge is 2.08. The van der Waals surface area contributed by atoms with Gasteiger partial charge >= 0.3 is 12.1 Å². The summed E-state index contributed by atoms with van der Waals surface area (Å²) in [6.07, 6.45) is 18.3. The van der Waals surface area contributed by atoms with Crippen molar-refractivity contribution in [3.63, 3.8) is 0 Å². The van der Waals surface area contributed by atoms with E-state index in [1.165, 1.54) is 95.5 Å². The summed E-state index contributed by atoms with van der Waals surface area (Å²) >= 11 is 0. The Hall–Kier alpha value is -1.35. The molecule has 0 atom stereocenters. The quantitative estimate of drug-likeness (QED) is 0.0748. The minimum Gasteiger partial charge on any atom is -0.462 e. The van der Waals surface area contributed by atoms with Crippen molar-refractivity contribution < 1.29 is 19.1 Å². The molecule has 0 fully saturated rings. The van der Waals surface area contributed by atoms with Crippen LogP contribution in [0, 0.1) is 5.92 Å². The van der Waals surface area contributed by atoms with Crippen LogP contribution in [0.5, 0.6) is 0 Å². The molecule has 7 heteroatoms. The van der Waals surface area contributed by atoms with Gasteiger partial charge < -0.3 is 19.7 Å². The largest absolute Gasteiger partial charge is 0.462 e. The third-order valence-electron chi connectivity index (χ3n) is 6.64. The molecule has 220 valence electrons.